The predicted molar refractivity (Wildman–Crippen MR) is 102 cm³/mol. The van der Waals surface area contributed by atoms with Crippen LogP contribution in [0.3, 0.4) is 0 Å². The lowest BCUT2D eigenvalue weighted by Gasteiger charge is -2.12. The van der Waals surface area contributed by atoms with Crippen LogP contribution in [0.2, 0.25) is 0 Å². The molecule has 1 aromatic heterocycles. The number of hydrogen-bond acceptors (Lipinski definition) is 4. The third kappa shape index (κ3) is 3.28. The van der Waals surface area contributed by atoms with Crippen molar-refractivity contribution in [2.24, 2.45) is 0 Å². The molecule has 0 fully saturated rings. The molecule has 0 aliphatic heterocycles. The highest BCUT2D eigenvalue weighted by atomic mass is 127. The average Bonchev–Trinajstić information content (AvgIpc) is 2.61. The smallest absolute Gasteiger partial charge is 0.258 e. The second-order valence-corrected chi connectivity index (χ2v) is 6.19. The van der Waals surface area contributed by atoms with Crippen LogP contribution >= 0.6 is 22.6 Å². The number of ether oxygens (including phenoxy) is 2. The second kappa shape index (κ2) is 7.04. The molecule has 3 aromatic rings. The van der Waals surface area contributed by atoms with Gasteiger partial charge in [0.1, 0.15) is 5.82 Å². The molecule has 0 radical (unpaired) electrons. The molecule has 0 saturated carbocycles. The summed E-state index contributed by atoms with van der Waals surface area (Å²) in [7, 11) is 3.10. The summed E-state index contributed by atoms with van der Waals surface area (Å²) in [4.78, 5) is 17.0. The maximum Gasteiger partial charge on any atom is 0.258 e. The third-order valence-corrected chi connectivity index (χ3v) is 4.45. The van der Waals surface area contributed by atoms with Crippen molar-refractivity contribution in [1.29, 1.82) is 0 Å². The maximum absolute atomic E-state index is 12.6. The van der Waals surface area contributed by atoms with Gasteiger partial charge in [0.25, 0.3) is 5.91 Å². The SMILES string of the molecule is COc1cc(I)c(C(=O)Nc2ccc3ccccc3n2)cc1OC. The fourth-order valence-electron chi connectivity index (χ4n) is 2.35. The van der Waals surface area contributed by atoms with Gasteiger partial charge >= 0.3 is 0 Å². The number of benzene rings is 2. The van der Waals surface area contributed by atoms with E-state index in [2.05, 4.69) is 32.9 Å². The summed E-state index contributed by atoms with van der Waals surface area (Å²) in [6.07, 6.45) is 0. The van der Waals surface area contributed by atoms with Gasteiger partial charge in [-0.05, 0) is 52.9 Å². The van der Waals surface area contributed by atoms with Crippen molar-refractivity contribution in [2.75, 3.05) is 19.5 Å². The zero-order chi connectivity index (χ0) is 17.1. The number of para-hydroxylation sites is 1. The lowest BCUT2D eigenvalue weighted by molar-refractivity contribution is 0.102. The summed E-state index contributed by atoms with van der Waals surface area (Å²) >= 11 is 2.10. The van der Waals surface area contributed by atoms with E-state index in [1.165, 1.54) is 7.11 Å². The molecule has 0 bridgehead atoms. The van der Waals surface area contributed by atoms with Gasteiger partial charge in [-0.2, -0.15) is 0 Å². The molecule has 24 heavy (non-hydrogen) atoms. The van der Waals surface area contributed by atoms with E-state index in [-0.39, 0.29) is 5.91 Å². The van der Waals surface area contributed by atoms with Crippen LogP contribution < -0.4 is 14.8 Å². The monoisotopic (exact) mass is 434 g/mol. The van der Waals surface area contributed by atoms with E-state index in [0.717, 1.165) is 14.5 Å². The van der Waals surface area contributed by atoms with Gasteiger partial charge in [-0.1, -0.05) is 18.2 Å². The number of hydrogen-bond donors (Lipinski definition) is 1. The molecule has 2 aromatic carbocycles. The van der Waals surface area contributed by atoms with Crippen molar-refractivity contribution >= 4 is 45.2 Å². The minimum atomic E-state index is -0.247. The van der Waals surface area contributed by atoms with Crippen molar-refractivity contribution in [3.05, 3.63) is 57.7 Å². The molecule has 122 valence electrons. The molecule has 0 saturated heterocycles. The number of halogens is 1. The van der Waals surface area contributed by atoms with E-state index in [4.69, 9.17) is 9.47 Å². The van der Waals surface area contributed by atoms with Crippen molar-refractivity contribution in [3.63, 3.8) is 0 Å². The van der Waals surface area contributed by atoms with E-state index >= 15 is 0 Å². The van der Waals surface area contributed by atoms with Crippen LogP contribution in [0.1, 0.15) is 10.4 Å². The molecule has 0 spiro atoms. The van der Waals surface area contributed by atoms with Crippen LogP contribution in [0.5, 0.6) is 11.5 Å². The van der Waals surface area contributed by atoms with Crippen LogP contribution in [0.25, 0.3) is 10.9 Å². The van der Waals surface area contributed by atoms with Gasteiger partial charge in [0.15, 0.2) is 11.5 Å². The zero-order valence-electron chi connectivity index (χ0n) is 13.2. The van der Waals surface area contributed by atoms with E-state index in [1.54, 1.807) is 25.3 Å². The highest BCUT2D eigenvalue weighted by Crippen LogP contribution is 2.31. The molecule has 0 aliphatic carbocycles. The highest BCUT2D eigenvalue weighted by molar-refractivity contribution is 14.1. The maximum atomic E-state index is 12.6. The Morgan fingerprint density at radius 2 is 1.75 bits per heavy atom. The number of aromatic nitrogens is 1. The van der Waals surface area contributed by atoms with Gasteiger partial charge in [-0.25, -0.2) is 4.98 Å². The van der Waals surface area contributed by atoms with E-state index < -0.39 is 0 Å². The first kappa shape index (κ1) is 16.5. The van der Waals surface area contributed by atoms with Gasteiger partial charge in [0, 0.05) is 8.96 Å². The molecular weight excluding hydrogens is 419 g/mol. The van der Waals surface area contributed by atoms with Crippen LogP contribution in [-0.4, -0.2) is 25.1 Å². The average molecular weight is 434 g/mol. The summed E-state index contributed by atoms with van der Waals surface area (Å²) in [5.41, 5.74) is 1.33. The number of amides is 1. The van der Waals surface area contributed by atoms with Gasteiger partial charge < -0.3 is 14.8 Å². The second-order valence-electron chi connectivity index (χ2n) is 5.03. The van der Waals surface area contributed by atoms with E-state index in [0.29, 0.717) is 22.9 Å². The number of rotatable bonds is 4. The van der Waals surface area contributed by atoms with Gasteiger partial charge in [0.05, 0.1) is 25.3 Å². The fraction of sp³-hybridized carbons (Fsp3) is 0.111. The summed E-state index contributed by atoms with van der Waals surface area (Å²) in [6, 6.07) is 14.9. The summed E-state index contributed by atoms with van der Waals surface area (Å²) in [5, 5.41) is 3.85. The number of nitrogens with zero attached hydrogens (tertiary/aromatic N) is 1. The largest absolute Gasteiger partial charge is 0.493 e. The highest BCUT2D eigenvalue weighted by Gasteiger charge is 2.16. The molecular formula is C18H15IN2O3. The first-order chi connectivity index (χ1) is 11.6. The number of fused-ring (bicyclic) bond motifs is 1. The summed E-state index contributed by atoms with van der Waals surface area (Å²) in [6.45, 7) is 0. The number of carbonyl (C=O) groups excluding carboxylic acids is 1. The lowest BCUT2D eigenvalue weighted by atomic mass is 10.2. The number of pyridine rings is 1. The van der Waals surface area contributed by atoms with Gasteiger partial charge in [0.2, 0.25) is 0 Å². The van der Waals surface area contributed by atoms with Crippen molar-refractivity contribution in [2.45, 2.75) is 0 Å². The van der Waals surface area contributed by atoms with Crippen LogP contribution in [0.15, 0.2) is 48.5 Å². The molecule has 1 heterocycles. The Kier molecular flexibility index (Phi) is 4.84. The van der Waals surface area contributed by atoms with Crippen LogP contribution in [-0.2, 0) is 0 Å². The molecule has 1 amide bonds. The zero-order valence-corrected chi connectivity index (χ0v) is 15.3. The Hall–Kier alpha value is -2.35. The topological polar surface area (TPSA) is 60.5 Å². The summed E-state index contributed by atoms with van der Waals surface area (Å²) < 4.78 is 11.3. The molecule has 1 N–H and O–H groups in total. The van der Waals surface area contributed by atoms with Crippen molar-refractivity contribution < 1.29 is 14.3 Å². The number of nitrogens with one attached hydrogen (secondary N) is 1. The molecule has 5 nitrogen and oxygen atoms in total. The minimum absolute atomic E-state index is 0.247. The standard InChI is InChI=1S/C18H15IN2O3/c1-23-15-9-12(13(19)10-16(15)24-2)18(22)21-17-8-7-11-5-3-4-6-14(11)20-17/h3-10H,1-2H3,(H,20,21,22). The molecule has 0 unspecified atom stereocenters. The molecule has 0 atom stereocenters. The minimum Gasteiger partial charge on any atom is -0.493 e. The lowest BCUT2D eigenvalue weighted by Crippen LogP contribution is -2.14. The Balaban J connectivity index is 1.91. The molecule has 3 rings (SSSR count). The summed E-state index contributed by atoms with van der Waals surface area (Å²) in [5.74, 6) is 1.35. The quantitative estimate of drug-likeness (QED) is 0.629. The van der Waals surface area contributed by atoms with Crippen LogP contribution in [0.4, 0.5) is 5.82 Å². The van der Waals surface area contributed by atoms with Crippen molar-refractivity contribution in [1.82, 2.24) is 4.98 Å². The first-order valence-electron chi connectivity index (χ1n) is 7.21. The third-order valence-electron chi connectivity index (χ3n) is 3.56. The van der Waals surface area contributed by atoms with E-state index in [1.807, 2.05) is 30.3 Å². The Morgan fingerprint density at radius 3 is 2.50 bits per heavy atom. The van der Waals surface area contributed by atoms with E-state index in [9.17, 15) is 4.79 Å². The normalized spacial score (nSPS) is 10.5. The Bertz CT molecular complexity index is 912. The Morgan fingerprint density at radius 1 is 1.04 bits per heavy atom. The molecule has 0 aliphatic rings. The van der Waals surface area contributed by atoms with Gasteiger partial charge in [-0.15, -0.1) is 0 Å². The fourth-order valence-corrected chi connectivity index (χ4v) is 3.03. The van der Waals surface area contributed by atoms with Crippen molar-refractivity contribution in [3.8, 4) is 11.5 Å². The number of carbonyl (C=O) groups is 1. The van der Waals surface area contributed by atoms with Crippen LogP contribution in [0, 0.1) is 3.57 Å². The number of methoxy groups -OCH3 is 2. The first-order valence-corrected chi connectivity index (χ1v) is 8.29. The Labute approximate surface area is 153 Å². The number of anilines is 1. The van der Waals surface area contributed by atoms with Gasteiger partial charge in [-0.3, -0.25) is 4.79 Å². The predicted octanol–water partition coefficient (Wildman–Crippen LogP) is 4.11. The molecule has 6 heteroatoms.